The Bertz CT molecular complexity index is 1090. The van der Waals surface area contributed by atoms with Gasteiger partial charge in [0.2, 0.25) is 5.91 Å². The van der Waals surface area contributed by atoms with Gasteiger partial charge in [-0.2, -0.15) is 0 Å². The van der Waals surface area contributed by atoms with E-state index in [0.717, 1.165) is 56.1 Å². The van der Waals surface area contributed by atoms with Gasteiger partial charge < -0.3 is 24.4 Å². The first kappa shape index (κ1) is 31.7. The zero-order chi connectivity index (χ0) is 25.9. The number of unbranched alkanes of at least 4 members (excludes halogenated alkanes) is 1. The van der Waals surface area contributed by atoms with Gasteiger partial charge in [0.15, 0.2) is 5.82 Å². The van der Waals surface area contributed by atoms with Gasteiger partial charge in [-0.1, -0.05) is 26.0 Å². The number of aryl methyl sites for hydroxylation is 1. The predicted molar refractivity (Wildman–Crippen MR) is 159 cm³/mol. The number of nitrogens with one attached hydrogen (secondary N) is 1. The number of fused-ring (bicyclic) bond motifs is 3. The molecule has 0 radical (unpaired) electrons. The van der Waals surface area contributed by atoms with E-state index in [1.165, 1.54) is 0 Å². The average Bonchev–Trinajstić information content (AvgIpc) is 3.62. The average molecular weight is 583 g/mol. The first-order valence-corrected chi connectivity index (χ1v) is 14.3. The molecule has 0 unspecified atom stereocenters. The number of aromatic nitrogens is 2. The van der Waals surface area contributed by atoms with Crippen LogP contribution in [0, 0.1) is 11.8 Å². The normalized spacial score (nSPS) is 24.1. The highest BCUT2D eigenvalue weighted by Crippen LogP contribution is 2.39. The van der Waals surface area contributed by atoms with E-state index in [-0.39, 0.29) is 42.7 Å². The molecule has 8 nitrogen and oxygen atoms in total. The molecule has 0 saturated carbocycles. The molecule has 0 spiro atoms. The number of hydrogen-bond acceptors (Lipinski definition) is 5. The van der Waals surface area contributed by atoms with E-state index in [1.54, 1.807) is 7.11 Å². The van der Waals surface area contributed by atoms with Crippen molar-refractivity contribution < 1.29 is 14.3 Å². The molecule has 10 heteroatoms. The third-order valence-corrected chi connectivity index (χ3v) is 8.47. The number of imidazole rings is 1. The zero-order valence-electron chi connectivity index (χ0n) is 23.5. The van der Waals surface area contributed by atoms with Gasteiger partial charge in [-0.3, -0.25) is 9.59 Å². The van der Waals surface area contributed by atoms with Crippen LogP contribution in [0.5, 0.6) is 0 Å². The van der Waals surface area contributed by atoms with E-state index in [9.17, 15) is 9.59 Å². The lowest BCUT2D eigenvalue weighted by atomic mass is 9.92. The quantitative estimate of drug-likeness (QED) is 0.417. The Labute approximate surface area is 245 Å². The van der Waals surface area contributed by atoms with Crippen molar-refractivity contribution in [3.63, 3.8) is 0 Å². The van der Waals surface area contributed by atoms with Gasteiger partial charge in [-0.15, -0.1) is 24.8 Å². The lowest BCUT2D eigenvalue weighted by Crippen LogP contribution is -2.55. The molecule has 1 N–H and O–H groups in total. The molecule has 3 aliphatic heterocycles. The van der Waals surface area contributed by atoms with Gasteiger partial charge in [0.1, 0.15) is 0 Å². The Morgan fingerprint density at radius 2 is 1.77 bits per heavy atom. The summed E-state index contributed by atoms with van der Waals surface area (Å²) in [6.45, 7) is 7.78. The molecule has 5 rings (SSSR count). The number of methoxy groups -OCH3 is 1. The fraction of sp³-hybridized carbons (Fsp3) is 0.690. The first-order chi connectivity index (χ1) is 18.0. The van der Waals surface area contributed by atoms with Gasteiger partial charge in [-0.05, 0) is 63.0 Å². The standard InChI is InChI=1S/C29H43N5O3.2ClH/c1-20(2)19-33(24-16-21(17-30-18-24)28(35)34-22-10-11-23(34)13-12-22)29(36)27-31-25-8-4-5-9-26(25)32(27)14-6-7-15-37-3;;/h4-5,8-9,20-24,30H,6-7,10-19H2,1-3H3;2*1H/t21-,22?,23?,24+;;/m1../s1. The van der Waals surface area contributed by atoms with Crippen LogP contribution in [0.1, 0.15) is 69.4 Å². The maximum atomic E-state index is 14.2. The van der Waals surface area contributed by atoms with Crippen LogP contribution < -0.4 is 5.32 Å². The number of nitrogens with zero attached hydrogens (tertiary/aromatic N) is 4. The third kappa shape index (κ3) is 6.72. The number of halogens is 2. The molecule has 3 saturated heterocycles. The molecule has 2 aromatic rings. The molecule has 1 aromatic carbocycles. The number of hydrogen-bond donors (Lipinski definition) is 1. The maximum absolute atomic E-state index is 14.2. The monoisotopic (exact) mass is 581 g/mol. The SMILES string of the molecule is COCCCCn1c(C(=O)N(CC(C)C)[C@@H]2CNC[C@H](C(=O)N3C4CCC3CC4)C2)nc2ccccc21.Cl.Cl. The van der Waals surface area contributed by atoms with Crippen molar-refractivity contribution in [1.82, 2.24) is 24.7 Å². The summed E-state index contributed by atoms with van der Waals surface area (Å²) in [5, 5.41) is 3.51. The molecule has 218 valence electrons. The molecule has 3 fully saturated rings. The minimum Gasteiger partial charge on any atom is -0.385 e. The molecule has 1 aromatic heterocycles. The van der Waals surface area contributed by atoms with Crippen LogP contribution in [-0.2, 0) is 16.1 Å². The molecule has 2 bridgehead atoms. The van der Waals surface area contributed by atoms with Gasteiger partial charge in [-0.25, -0.2) is 4.98 Å². The first-order valence-electron chi connectivity index (χ1n) is 14.3. The second-order valence-corrected chi connectivity index (χ2v) is 11.6. The molecule has 3 aliphatic rings. The van der Waals surface area contributed by atoms with Crippen LogP contribution >= 0.6 is 24.8 Å². The second kappa shape index (κ2) is 14.2. The molecular formula is C29H45Cl2N5O3. The minimum atomic E-state index is -0.0738. The molecule has 39 heavy (non-hydrogen) atoms. The lowest BCUT2D eigenvalue weighted by Gasteiger charge is -2.39. The van der Waals surface area contributed by atoms with Gasteiger partial charge in [0, 0.05) is 58.0 Å². The fourth-order valence-corrected chi connectivity index (χ4v) is 6.73. The summed E-state index contributed by atoms with van der Waals surface area (Å²) in [5.41, 5.74) is 1.84. The Balaban J connectivity index is 0.00000210. The van der Waals surface area contributed by atoms with Gasteiger partial charge >= 0.3 is 0 Å². The molecule has 0 aliphatic carbocycles. The van der Waals surface area contributed by atoms with Gasteiger partial charge in [0.05, 0.1) is 17.0 Å². The summed E-state index contributed by atoms with van der Waals surface area (Å²) in [4.78, 5) is 36.8. The van der Waals surface area contributed by atoms with Crippen LogP contribution in [0.2, 0.25) is 0 Å². The number of piperidine rings is 1. The summed E-state index contributed by atoms with van der Waals surface area (Å²) >= 11 is 0. The van der Waals surface area contributed by atoms with Gasteiger partial charge in [0.25, 0.3) is 5.91 Å². The fourth-order valence-electron chi connectivity index (χ4n) is 6.73. The van der Waals surface area contributed by atoms with E-state index in [1.807, 2.05) is 29.2 Å². The number of rotatable bonds is 10. The third-order valence-electron chi connectivity index (χ3n) is 8.47. The Morgan fingerprint density at radius 1 is 1.08 bits per heavy atom. The summed E-state index contributed by atoms with van der Waals surface area (Å²) in [5.74, 6) is 1.01. The Kier molecular flexibility index (Phi) is 11.5. The van der Waals surface area contributed by atoms with Crippen molar-refractivity contribution in [2.75, 3.05) is 33.4 Å². The van der Waals surface area contributed by atoms with E-state index >= 15 is 0 Å². The number of carbonyl (C=O) groups excluding carboxylic acids is 2. The van der Waals surface area contributed by atoms with Crippen LogP contribution in [0.3, 0.4) is 0 Å². The highest BCUT2D eigenvalue weighted by atomic mass is 35.5. The summed E-state index contributed by atoms with van der Waals surface area (Å²) < 4.78 is 7.32. The van der Waals surface area contributed by atoms with E-state index in [0.29, 0.717) is 62.4 Å². The van der Waals surface area contributed by atoms with Crippen LogP contribution in [0.25, 0.3) is 11.0 Å². The summed E-state index contributed by atoms with van der Waals surface area (Å²) in [6, 6.07) is 8.84. The largest absolute Gasteiger partial charge is 0.385 e. The molecule has 4 heterocycles. The predicted octanol–water partition coefficient (Wildman–Crippen LogP) is 4.54. The molecular weight excluding hydrogens is 537 g/mol. The number of carbonyl (C=O) groups is 2. The van der Waals surface area contributed by atoms with E-state index < -0.39 is 0 Å². The topological polar surface area (TPSA) is 79.7 Å². The van der Waals surface area contributed by atoms with Crippen LogP contribution in [-0.4, -0.2) is 82.6 Å². The summed E-state index contributed by atoms with van der Waals surface area (Å²) in [7, 11) is 1.72. The lowest BCUT2D eigenvalue weighted by molar-refractivity contribution is -0.138. The van der Waals surface area contributed by atoms with Crippen LogP contribution in [0.15, 0.2) is 24.3 Å². The van der Waals surface area contributed by atoms with E-state index in [2.05, 4.69) is 28.6 Å². The molecule has 2 amide bonds. The van der Waals surface area contributed by atoms with Crippen molar-refractivity contribution in [3.8, 4) is 0 Å². The Morgan fingerprint density at radius 3 is 2.44 bits per heavy atom. The highest BCUT2D eigenvalue weighted by Gasteiger charge is 2.45. The zero-order valence-corrected chi connectivity index (χ0v) is 25.1. The second-order valence-electron chi connectivity index (χ2n) is 11.6. The minimum absolute atomic E-state index is 0. The highest BCUT2D eigenvalue weighted by molar-refractivity contribution is 5.95. The number of benzene rings is 1. The molecule has 2 atom stereocenters. The van der Waals surface area contributed by atoms with Crippen molar-refractivity contribution in [2.24, 2.45) is 11.8 Å². The van der Waals surface area contributed by atoms with Crippen molar-refractivity contribution in [1.29, 1.82) is 0 Å². The number of para-hydroxylation sites is 2. The Hall–Kier alpha value is -1.87. The summed E-state index contributed by atoms with van der Waals surface area (Å²) in [6.07, 6.45) is 7.17. The number of ether oxygens (including phenoxy) is 1. The van der Waals surface area contributed by atoms with E-state index in [4.69, 9.17) is 9.72 Å². The van der Waals surface area contributed by atoms with Crippen molar-refractivity contribution in [2.45, 2.75) is 83.5 Å². The van der Waals surface area contributed by atoms with Crippen molar-refractivity contribution >= 4 is 47.7 Å². The number of amides is 2. The smallest absolute Gasteiger partial charge is 0.290 e. The maximum Gasteiger partial charge on any atom is 0.290 e. The van der Waals surface area contributed by atoms with Crippen molar-refractivity contribution in [3.05, 3.63) is 30.1 Å². The van der Waals surface area contributed by atoms with Crippen LogP contribution in [0.4, 0.5) is 0 Å².